The molecule has 7 heteroatoms. The fraction of sp³-hybridized carbons (Fsp3) is 0.464. The van der Waals surface area contributed by atoms with Gasteiger partial charge in [-0.2, -0.15) is 0 Å². The van der Waals surface area contributed by atoms with E-state index in [0.29, 0.717) is 25.8 Å². The highest BCUT2D eigenvalue weighted by Gasteiger charge is 2.45. The van der Waals surface area contributed by atoms with Crippen molar-refractivity contribution in [3.63, 3.8) is 0 Å². The van der Waals surface area contributed by atoms with Crippen LogP contribution in [0.25, 0.3) is 11.1 Å². The minimum absolute atomic E-state index is 0.0216. The zero-order valence-electron chi connectivity index (χ0n) is 20.4. The van der Waals surface area contributed by atoms with Crippen LogP contribution in [0, 0.1) is 5.41 Å². The van der Waals surface area contributed by atoms with E-state index in [2.05, 4.69) is 48.7 Å². The Kier molecular flexibility index (Phi) is 7.15. The monoisotopic (exact) mass is 478 g/mol. The molecule has 2 aliphatic carbocycles. The molecule has 0 aromatic heterocycles. The molecule has 0 spiro atoms. The van der Waals surface area contributed by atoms with Gasteiger partial charge in [-0.05, 0) is 53.4 Å². The first-order valence-corrected chi connectivity index (χ1v) is 12.3. The molecule has 7 nitrogen and oxygen atoms in total. The van der Waals surface area contributed by atoms with Gasteiger partial charge in [-0.15, -0.1) is 0 Å². The van der Waals surface area contributed by atoms with Gasteiger partial charge in [-0.25, -0.2) is 4.79 Å². The second-order valence-corrected chi connectivity index (χ2v) is 10.6. The number of alkyl carbamates (subject to hydrolysis) is 1. The molecule has 2 amide bonds. The number of aliphatic carboxylic acids is 1. The standard InChI is InChI=1S/C28H34N2O5/c1-27(2,12-11-24(31)30-28(13-14-28)17-25(32)33)15-16-29-26(34)35-18-23-21-9-5-3-7-19(21)20-8-4-6-10-22(20)23/h3-10,23H,11-18H2,1-2H3,(H,29,34)(H,30,31)(H,32,33). The van der Waals surface area contributed by atoms with Gasteiger partial charge in [0, 0.05) is 18.9 Å². The number of ether oxygens (including phenoxy) is 1. The highest BCUT2D eigenvalue weighted by molar-refractivity contribution is 5.80. The average molecular weight is 479 g/mol. The van der Waals surface area contributed by atoms with E-state index < -0.39 is 17.6 Å². The van der Waals surface area contributed by atoms with Gasteiger partial charge in [0.05, 0.1) is 12.0 Å². The van der Waals surface area contributed by atoms with Gasteiger partial charge in [0.15, 0.2) is 0 Å². The first-order chi connectivity index (χ1) is 16.7. The minimum Gasteiger partial charge on any atom is -0.481 e. The number of rotatable bonds is 11. The molecule has 2 aromatic carbocycles. The van der Waals surface area contributed by atoms with E-state index in [1.54, 1.807) is 0 Å². The SMILES string of the molecule is CC(C)(CCNC(=O)OCC1c2ccccc2-c2ccccc21)CCC(=O)NC1(CC(=O)O)CC1. The molecule has 1 saturated carbocycles. The van der Waals surface area contributed by atoms with Gasteiger partial charge >= 0.3 is 12.1 Å². The maximum absolute atomic E-state index is 12.4. The van der Waals surface area contributed by atoms with Gasteiger partial charge in [-0.1, -0.05) is 62.4 Å². The van der Waals surface area contributed by atoms with E-state index in [4.69, 9.17) is 9.84 Å². The maximum atomic E-state index is 12.4. The van der Waals surface area contributed by atoms with E-state index >= 15 is 0 Å². The minimum atomic E-state index is -0.887. The molecule has 2 aromatic rings. The molecule has 35 heavy (non-hydrogen) atoms. The Labute approximate surface area is 206 Å². The van der Waals surface area contributed by atoms with Crippen LogP contribution in [0.5, 0.6) is 0 Å². The van der Waals surface area contributed by atoms with Crippen molar-refractivity contribution in [2.24, 2.45) is 5.41 Å². The Bertz CT molecular complexity index is 1060. The van der Waals surface area contributed by atoms with Crippen molar-refractivity contribution in [2.75, 3.05) is 13.2 Å². The van der Waals surface area contributed by atoms with Crippen LogP contribution < -0.4 is 10.6 Å². The lowest BCUT2D eigenvalue weighted by Crippen LogP contribution is -2.39. The summed E-state index contributed by atoms with van der Waals surface area (Å²) >= 11 is 0. The number of amides is 2. The van der Waals surface area contributed by atoms with Crippen LogP contribution in [-0.4, -0.2) is 41.8 Å². The Hall–Kier alpha value is -3.35. The van der Waals surface area contributed by atoms with Crippen LogP contribution in [0.15, 0.2) is 48.5 Å². The van der Waals surface area contributed by atoms with E-state index in [1.165, 1.54) is 22.3 Å². The average Bonchev–Trinajstić information content (AvgIpc) is 3.47. The summed E-state index contributed by atoms with van der Waals surface area (Å²) in [6.45, 7) is 4.85. The Morgan fingerprint density at radius 1 is 1.00 bits per heavy atom. The highest BCUT2D eigenvalue weighted by Crippen LogP contribution is 2.44. The quantitative estimate of drug-likeness (QED) is 0.428. The van der Waals surface area contributed by atoms with E-state index in [0.717, 1.165) is 12.8 Å². The van der Waals surface area contributed by atoms with Crippen molar-refractivity contribution in [1.82, 2.24) is 10.6 Å². The molecule has 0 aliphatic heterocycles. The highest BCUT2D eigenvalue weighted by atomic mass is 16.5. The fourth-order valence-electron chi connectivity index (χ4n) is 4.87. The predicted octanol–water partition coefficient (Wildman–Crippen LogP) is 4.85. The summed E-state index contributed by atoms with van der Waals surface area (Å²) in [5.41, 5.74) is 4.04. The summed E-state index contributed by atoms with van der Waals surface area (Å²) < 4.78 is 5.58. The van der Waals surface area contributed by atoms with Crippen molar-refractivity contribution in [3.05, 3.63) is 59.7 Å². The number of fused-ring (bicyclic) bond motifs is 3. The molecule has 4 rings (SSSR count). The molecule has 1 fully saturated rings. The number of benzene rings is 2. The lowest BCUT2D eigenvalue weighted by molar-refractivity contribution is -0.138. The third kappa shape index (κ3) is 6.21. The van der Waals surface area contributed by atoms with Gasteiger partial charge in [-0.3, -0.25) is 9.59 Å². The third-order valence-corrected chi connectivity index (χ3v) is 7.19. The van der Waals surface area contributed by atoms with Gasteiger partial charge < -0.3 is 20.5 Å². The lowest BCUT2D eigenvalue weighted by atomic mass is 9.84. The van der Waals surface area contributed by atoms with Crippen LogP contribution in [0.4, 0.5) is 4.79 Å². The summed E-state index contributed by atoms with van der Waals surface area (Å²) in [4.78, 5) is 35.6. The van der Waals surface area contributed by atoms with Gasteiger partial charge in [0.25, 0.3) is 0 Å². The van der Waals surface area contributed by atoms with Crippen molar-refractivity contribution in [2.45, 2.75) is 63.8 Å². The number of carbonyl (C=O) groups is 3. The second kappa shape index (κ2) is 10.1. The number of carbonyl (C=O) groups excluding carboxylic acids is 2. The van der Waals surface area contributed by atoms with Crippen LogP contribution in [-0.2, 0) is 14.3 Å². The van der Waals surface area contributed by atoms with Crippen molar-refractivity contribution in [3.8, 4) is 11.1 Å². The zero-order chi connectivity index (χ0) is 25.1. The molecule has 0 saturated heterocycles. The smallest absolute Gasteiger partial charge is 0.407 e. The molecule has 0 atom stereocenters. The van der Waals surface area contributed by atoms with Gasteiger partial charge in [0.2, 0.25) is 5.91 Å². The van der Waals surface area contributed by atoms with E-state index in [-0.39, 0.29) is 30.3 Å². The molecule has 0 bridgehead atoms. The van der Waals surface area contributed by atoms with Crippen LogP contribution in [0.3, 0.4) is 0 Å². The largest absolute Gasteiger partial charge is 0.481 e. The molecule has 186 valence electrons. The van der Waals surface area contributed by atoms with Crippen molar-refractivity contribution >= 4 is 18.0 Å². The van der Waals surface area contributed by atoms with Crippen LogP contribution >= 0.6 is 0 Å². The van der Waals surface area contributed by atoms with Crippen molar-refractivity contribution in [1.29, 1.82) is 0 Å². The molecule has 2 aliphatic rings. The predicted molar refractivity (Wildman–Crippen MR) is 133 cm³/mol. The number of nitrogens with one attached hydrogen (secondary N) is 2. The number of hydrogen-bond donors (Lipinski definition) is 3. The molecule has 0 heterocycles. The van der Waals surface area contributed by atoms with Crippen molar-refractivity contribution < 1.29 is 24.2 Å². The lowest BCUT2D eigenvalue weighted by Gasteiger charge is -2.25. The normalized spacial score (nSPS) is 15.6. The molecule has 0 unspecified atom stereocenters. The van der Waals surface area contributed by atoms with Crippen LogP contribution in [0.1, 0.15) is 69.4 Å². The second-order valence-electron chi connectivity index (χ2n) is 10.6. The van der Waals surface area contributed by atoms with E-state index in [1.807, 2.05) is 24.3 Å². The first-order valence-electron chi connectivity index (χ1n) is 12.3. The summed E-state index contributed by atoms with van der Waals surface area (Å²) in [7, 11) is 0. The van der Waals surface area contributed by atoms with Crippen LogP contribution in [0.2, 0.25) is 0 Å². The molecular formula is C28H34N2O5. The summed E-state index contributed by atoms with van der Waals surface area (Å²) in [6, 6.07) is 16.5. The first kappa shape index (κ1) is 24.8. The maximum Gasteiger partial charge on any atom is 0.407 e. The number of carboxylic acid groups (broad SMARTS) is 1. The molecule has 3 N–H and O–H groups in total. The summed E-state index contributed by atoms with van der Waals surface area (Å²) in [5.74, 6) is -0.970. The Morgan fingerprint density at radius 3 is 2.17 bits per heavy atom. The van der Waals surface area contributed by atoms with Gasteiger partial charge in [0.1, 0.15) is 6.61 Å². The van der Waals surface area contributed by atoms with E-state index in [9.17, 15) is 14.4 Å². The zero-order valence-corrected chi connectivity index (χ0v) is 20.4. The summed E-state index contributed by atoms with van der Waals surface area (Å²) in [6.07, 6.45) is 2.66. The fourth-order valence-corrected chi connectivity index (χ4v) is 4.87. The third-order valence-electron chi connectivity index (χ3n) is 7.19. The topological polar surface area (TPSA) is 105 Å². The number of hydrogen-bond acceptors (Lipinski definition) is 4. The molecule has 0 radical (unpaired) electrons. The molecular weight excluding hydrogens is 444 g/mol. The number of carboxylic acids is 1. The Morgan fingerprint density at radius 2 is 1.60 bits per heavy atom. The Balaban J connectivity index is 1.19. The summed E-state index contributed by atoms with van der Waals surface area (Å²) in [5, 5.41) is 14.7.